The molecule has 1 N–H and O–H groups in total. The fraction of sp³-hybridized carbons (Fsp3) is 0.875. The molecule has 7 heteroatoms. The Morgan fingerprint density at radius 3 is 2.73 bits per heavy atom. The Hall–Kier alpha value is -0.660. The average molecular weight is 234 g/mol. The average Bonchev–Trinajstić information content (AvgIpc) is 2.60. The van der Waals surface area contributed by atoms with Crippen molar-refractivity contribution in [1.29, 1.82) is 0 Å². The molecule has 0 aromatic rings. The number of nitrogens with one attached hydrogen (secondary N) is 1. The summed E-state index contributed by atoms with van der Waals surface area (Å²) in [5.41, 5.74) is 0. The Morgan fingerprint density at radius 2 is 2.20 bits per heavy atom. The molecule has 0 aliphatic carbocycles. The molecule has 15 heavy (non-hydrogen) atoms. The van der Waals surface area contributed by atoms with Gasteiger partial charge in [0.05, 0.1) is 18.3 Å². The summed E-state index contributed by atoms with van der Waals surface area (Å²) in [6, 6.07) is -0.477. The van der Waals surface area contributed by atoms with Gasteiger partial charge in [0.25, 0.3) is 5.91 Å². The summed E-state index contributed by atoms with van der Waals surface area (Å²) in [4.78, 5) is 11.8. The minimum absolute atomic E-state index is 0.197. The minimum Gasteiger partial charge on any atom is -0.370 e. The number of hydrogen-bond donors (Lipinski definition) is 1. The maximum absolute atomic E-state index is 11.8. The van der Waals surface area contributed by atoms with Crippen LogP contribution in [0.4, 0.5) is 0 Å². The molecule has 2 rings (SSSR count). The lowest BCUT2D eigenvalue weighted by atomic mass is 10.1. The largest absolute Gasteiger partial charge is 0.370 e. The summed E-state index contributed by atoms with van der Waals surface area (Å²) in [7, 11) is -2.06. The molecule has 0 aromatic carbocycles. The third-order valence-electron chi connectivity index (χ3n) is 2.93. The van der Waals surface area contributed by atoms with Crippen LogP contribution >= 0.6 is 0 Å². The maximum Gasteiger partial charge on any atom is 0.267 e. The predicted molar refractivity (Wildman–Crippen MR) is 52.7 cm³/mol. The van der Waals surface area contributed by atoms with E-state index >= 15 is 0 Å². The molecule has 3 atom stereocenters. The number of carbonyl (C=O) groups excluding carboxylic acids is 1. The summed E-state index contributed by atoms with van der Waals surface area (Å²) in [5, 5.41) is 3.10. The van der Waals surface area contributed by atoms with Crippen LogP contribution in [0.25, 0.3) is 0 Å². The lowest BCUT2D eigenvalue weighted by Crippen LogP contribution is -2.39. The van der Waals surface area contributed by atoms with E-state index in [0.29, 0.717) is 13.0 Å². The van der Waals surface area contributed by atoms with Gasteiger partial charge in [-0.2, -0.15) is 0 Å². The zero-order valence-electron chi connectivity index (χ0n) is 8.63. The van der Waals surface area contributed by atoms with E-state index in [1.54, 1.807) is 0 Å². The maximum atomic E-state index is 11.8. The fourth-order valence-corrected chi connectivity index (χ4v) is 3.54. The van der Waals surface area contributed by atoms with Gasteiger partial charge in [-0.05, 0) is 13.0 Å². The number of nitrogens with zero attached hydrogens (tertiary/aromatic N) is 1. The number of amides is 1. The molecule has 2 heterocycles. The van der Waals surface area contributed by atoms with Crippen molar-refractivity contribution in [2.24, 2.45) is 0 Å². The molecule has 86 valence electrons. The van der Waals surface area contributed by atoms with Gasteiger partial charge in [-0.25, -0.2) is 12.7 Å². The molecule has 0 saturated carbocycles. The van der Waals surface area contributed by atoms with Gasteiger partial charge in [-0.3, -0.25) is 4.79 Å². The molecule has 0 bridgehead atoms. The lowest BCUT2D eigenvalue weighted by Gasteiger charge is -2.19. The number of sulfonamides is 1. The van der Waals surface area contributed by atoms with E-state index in [9.17, 15) is 13.2 Å². The summed E-state index contributed by atoms with van der Waals surface area (Å²) in [6.45, 7) is 0.717. The van der Waals surface area contributed by atoms with Crippen LogP contribution in [-0.4, -0.2) is 56.7 Å². The minimum atomic E-state index is -3.49. The molecule has 2 aliphatic heterocycles. The first kappa shape index (κ1) is 10.8. The molecule has 0 radical (unpaired) electrons. The predicted octanol–water partition coefficient (Wildman–Crippen LogP) is -1.47. The smallest absolute Gasteiger partial charge is 0.267 e. The van der Waals surface area contributed by atoms with E-state index in [0.717, 1.165) is 10.6 Å². The van der Waals surface area contributed by atoms with Crippen molar-refractivity contribution in [3.8, 4) is 0 Å². The first-order chi connectivity index (χ1) is 6.96. The van der Waals surface area contributed by atoms with Crippen LogP contribution in [0.5, 0.6) is 0 Å². The van der Waals surface area contributed by atoms with Crippen LogP contribution in [0.2, 0.25) is 0 Å². The number of carbonyl (C=O) groups is 1. The van der Waals surface area contributed by atoms with Crippen molar-refractivity contribution >= 4 is 15.9 Å². The van der Waals surface area contributed by atoms with Crippen LogP contribution in [0.1, 0.15) is 6.42 Å². The van der Waals surface area contributed by atoms with Crippen molar-refractivity contribution in [3.05, 3.63) is 0 Å². The van der Waals surface area contributed by atoms with Gasteiger partial charge >= 0.3 is 0 Å². The van der Waals surface area contributed by atoms with Crippen molar-refractivity contribution in [3.63, 3.8) is 0 Å². The van der Waals surface area contributed by atoms with Crippen molar-refractivity contribution in [1.82, 2.24) is 9.62 Å². The van der Waals surface area contributed by atoms with E-state index in [2.05, 4.69) is 5.32 Å². The second kappa shape index (κ2) is 3.43. The zero-order chi connectivity index (χ0) is 11.2. The molecular weight excluding hydrogens is 220 g/mol. The van der Waals surface area contributed by atoms with Gasteiger partial charge in [-0.1, -0.05) is 0 Å². The highest BCUT2D eigenvalue weighted by atomic mass is 32.2. The highest BCUT2D eigenvalue weighted by molar-refractivity contribution is 7.88. The van der Waals surface area contributed by atoms with Crippen LogP contribution in [-0.2, 0) is 19.6 Å². The Bertz CT molecular complexity index is 380. The van der Waals surface area contributed by atoms with E-state index in [1.807, 2.05) is 0 Å². The van der Waals surface area contributed by atoms with Crippen LogP contribution < -0.4 is 5.32 Å². The number of rotatable bonds is 2. The third-order valence-corrected chi connectivity index (χ3v) is 4.10. The Kier molecular flexibility index (Phi) is 2.48. The number of ether oxygens (including phenoxy) is 1. The van der Waals surface area contributed by atoms with E-state index in [1.165, 1.54) is 7.11 Å². The van der Waals surface area contributed by atoms with Gasteiger partial charge in [0, 0.05) is 7.11 Å². The summed E-state index contributed by atoms with van der Waals surface area (Å²) >= 11 is 0. The molecule has 1 amide bonds. The van der Waals surface area contributed by atoms with Crippen LogP contribution in [0.15, 0.2) is 0 Å². The van der Waals surface area contributed by atoms with Gasteiger partial charge in [-0.15, -0.1) is 0 Å². The summed E-state index contributed by atoms with van der Waals surface area (Å²) < 4.78 is 28.9. The Labute approximate surface area is 88.6 Å². The number of fused-ring (bicyclic) bond motifs is 1. The molecule has 0 aromatic heterocycles. The van der Waals surface area contributed by atoms with Gasteiger partial charge in [0.15, 0.2) is 6.10 Å². The molecule has 2 aliphatic rings. The van der Waals surface area contributed by atoms with Crippen molar-refractivity contribution in [2.75, 3.05) is 19.9 Å². The quantitative estimate of drug-likeness (QED) is 0.631. The molecular formula is C8H14N2O4S. The highest BCUT2D eigenvalue weighted by Gasteiger charge is 2.53. The van der Waals surface area contributed by atoms with E-state index < -0.39 is 22.0 Å². The number of hydrogen-bond acceptors (Lipinski definition) is 5. The fourth-order valence-electron chi connectivity index (χ4n) is 2.38. The lowest BCUT2D eigenvalue weighted by molar-refractivity contribution is -0.132. The summed E-state index contributed by atoms with van der Waals surface area (Å²) in [5.74, 6) is -0.456. The first-order valence-corrected chi connectivity index (χ1v) is 6.61. The normalized spacial score (nSPS) is 36.0. The van der Waals surface area contributed by atoms with Gasteiger partial charge < -0.3 is 10.1 Å². The molecule has 6 nitrogen and oxygen atoms in total. The SMILES string of the molecule is CO[C@H]1C(=O)N(S(C)(=O)=O)[C@H]2CCN[C@H]12. The number of methoxy groups -OCH3 is 1. The molecule has 0 unspecified atom stereocenters. The zero-order valence-corrected chi connectivity index (χ0v) is 9.45. The summed E-state index contributed by atoms with van der Waals surface area (Å²) in [6.07, 6.45) is 1.04. The third kappa shape index (κ3) is 1.54. The van der Waals surface area contributed by atoms with Crippen LogP contribution in [0, 0.1) is 0 Å². The Morgan fingerprint density at radius 1 is 1.53 bits per heavy atom. The highest BCUT2D eigenvalue weighted by Crippen LogP contribution is 2.30. The van der Waals surface area contributed by atoms with Crippen molar-refractivity contribution < 1.29 is 17.9 Å². The second-order valence-corrected chi connectivity index (χ2v) is 5.75. The van der Waals surface area contributed by atoms with E-state index in [-0.39, 0.29) is 12.1 Å². The topological polar surface area (TPSA) is 75.7 Å². The first-order valence-electron chi connectivity index (χ1n) is 4.76. The monoisotopic (exact) mass is 234 g/mol. The Balaban J connectivity index is 2.37. The molecule has 2 saturated heterocycles. The standard InChI is InChI=1S/C8H14N2O4S/c1-14-7-6-5(3-4-9-6)10(8(7)11)15(2,12)13/h5-7,9H,3-4H2,1-2H3/t5-,6-,7+/m0/s1. The second-order valence-electron chi connectivity index (χ2n) is 3.89. The van der Waals surface area contributed by atoms with Crippen molar-refractivity contribution in [2.45, 2.75) is 24.6 Å². The van der Waals surface area contributed by atoms with E-state index in [4.69, 9.17) is 4.74 Å². The van der Waals surface area contributed by atoms with Crippen LogP contribution in [0.3, 0.4) is 0 Å². The molecule has 0 spiro atoms. The van der Waals surface area contributed by atoms with Gasteiger partial charge in [0.2, 0.25) is 10.0 Å². The van der Waals surface area contributed by atoms with Gasteiger partial charge in [0.1, 0.15) is 0 Å². The molecule has 2 fully saturated rings.